The van der Waals surface area contributed by atoms with Crippen LogP contribution in [0.4, 0.5) is 23.7 Å². The number of fused-ring (bicyclic) bond motifs is 1. The second-order valence-electron chi connectivity index (χ2n) is 9.45. The quantitative estimate of drug-likeness (QED) is 0.523. The van der Waals surface area contributed by atoms with Crippen molar-refractivity contribution in [2.45, 2.75) is 56.2 Å². The maximum atomic E-state index is 13.1. The highest BCUT2D eigenvalue weighted by Gasteiger charge is 2.40. The first kappa shape index (κ1) is 27.8. The summed E-state index contributed by atoms with van der Waals surface area (Å²) in [7, 11) is 0. The van der Waals surface area contributed by atoms with Gasteiger partial charge in [-0.15, -0.1) is 0 Å². The van der Waals surface area contributed by atoms with Gasteiger partial charge in [0.25, 0.3) is 0 Å². The fourth-order valence-electron chi connectivity index (χ4n) is 4.69. The van der Waals surface area contributed by atoms with Gasteiger partial charge >= 0.3 is 12.2 Å². The Morgan fingerprint density at radius 2 is 1.82 bits per heavy atom. The predicted molar refractivity (Wildman–Crippen MR) is 131 cm³/mol. The third-order valence-electron chi connectivity index (χ3n) is 6.60. The molecule has 0 bridgehead atoms. The molecule has 1 aromatic carbocycles. The molecule has 2 aliphatic heterocycles. The van der Waals surface area contributed by atoms with E-state index >= 15 is 0 Å². The standard InChI is InChI=1S/C26H31F3N4O5/c27-26(28,29)18-1-3-19(4-2-18)32-25(36)33-14-20(34)15-37-16-23-22(33)6-5-21(38-23)13-24(35)31-12-9-17-7-10-30-11-8-17/h1-4,7-8,10-11,20-23,34H,5-6,9,12-16H2,(H,31,35)(H,32,36)/t20-,21+,22+,23-/m0/s1. The lowest BCUT2D eigenvalue weighted by atomic mass is 9.95. The molecule has 2 aromatic rings. The molecular formula is C26H31F3N4O5. The van der Waals surface area contributed by atoms with Crippen LogP contribution < -0.4 is 10.6 Å². The number of benzene rings is 1. The summed E-state index contributed by atoms with van der Waals surface area (Å²) in [6.07, 6.45) is -1.01. The van der Waals surface area contributed by atoms with Crippen LogP contribution in [0.3, 0.4) is 0 Å². The molecule has 38 heavy (non-hydrogen) atoms. The van der Waals surface area contributed by atoms with Gasteiger partial charge in [-0.2, -0.15) is 13.2 Å². The molecule has 12 heteroatoms. The summed E-state index contributed by atoms with van der Waals surface area (Å²) < 4.78 is 50.3. The van der Waals surface area contributed by atoms with Crippen molar-refractivity contribution in [3.05, 3.63) is 59.9 Å². The molecule has 4 rings (SSSR count). The zero-order valence-electron chi connectivity index (χ0n) is 20.7. The van der Waals surface area contributed by atoms with Gasteiger partial charge in [0.15, 0.2) is 0 Å². The highest BCUT2D eigenvalue weighted by molar-refractivity contribution is 5.89. The topological polar surface area (TPSA) is 113 Å². The van der Waals surface area contributed by atoms with Crippen molar-refractivity contribution in [1.82, 2.24) is 15.2 Å². The number of ether oxygens (including phenoxy) is 2. The number of anilines is 1. The molecule has 0 radical (unpaired) electrons. The van der Waals surface area contributed by atoms with E-state index in [1.165, 1.54) is 17.0 Å². The number of urea groups is 1. The zero-order valence-corrected chi connectivity index (χ0v) is 20.7. The number of carbonyl (C=O) groups excluding carboxylic acids is 2. The minimum atomic E-state index is -4.48. The zero-order chi connectivity index (χ0) is 27.1. The Labute approximate surface area is 218 Å². The van der Waals surface area contributed by atoms with E-state index in [0.717, 1.165) is 17.7 Å². The number of rotatable bonds is 6. The smallest absolute Gasteiger partial charge is 0.389 e. The molecular weight excluding hydrogens is 505 g/mol. The number of hydrogen-bond acceptors (Lipinski definition) is 6. The average Bonchev–Trinajstić information content (AvgIpc) is 2.87. The molecule has 0 spiro atoms. The second-order valence-corrected chi connectivity index (χ2v) is 9.45. The van der Waals surface area contributed by atoms with Crippen molar-refractivity contribution in [2.24, 2.45) is 0 Å². The highest BCUT2D eigenvalue weighted by atomic mass is 19.4. The van der Waals surface area contributed by atoms with Gasteiger partial charge in [-0.3, -0.25) is 9.78 Å². The number of aliphatic hydroxyl groups is 1. The van der Waals surface area contributed by atoms with E-state index in [9.17, 15) is 27.9 Å². The van der Waals surface area contributed by atoms with E-state index in [-0.39, 0.29) is 43.9 Å². The van der Waals surface area contributed by atoms with Crippen LogP contribution in [0, 0.1) is 0 Å². The summed E-state index contributed by atoms with van der Waals surface area (Å²) in [4.78, 5) is 31.0. The number of nitrogens with one attached hydrogen (secondary N) is 2. The average molecular weight is 537 g/mol. The van der Waals surface area contributed by atoms with Gasteiger partial charge in [0.1, 0.15) is 6.10 Å². The SMILES string of the molecule is O=C(C[C@H]1CC[C@@H]2[C@H](COC[C@@H](O)CN2C(=O)Nc2ccc(C(F)(F)F)cc2)O1)NCCc1ccncc1. The number of carbonyl (C=O) groups is 2. The number of β-amino-alcohol motifs (C(OH)–C–C–N with tert-alkyl or cyclic N) is 1. The number of halogens is 3. The van der Waals surface area contributed by atoms with Crippen molar-refractivity contribution in [3.8, 4) is 0 Å². The van der Waals surface area contributed by atoms with E-state index in [0.29, 0.717) is 25.8 Å². The Morgan fingerprint density at radius 1 is 1.08 bits per heavy atom. The van der Waals surface area contributed by atoms with Crippen LogP contribution in [-0.4, -0.2) is 77.6 Å². The van der Waals surface area contributed by atoms with Crippen molar-refractivity contribution in [2.75, 3.05) is 31.6 Å². The van der Waals surface area contributed by atoms with Crippen LogP contribution in [0.2, 0.25) is 0 Å². The summed E-state index contributed by atoms with van der Waals surface area (Å²) in [5.41, 5.74) is 0.452. The van der Waals surface area contributed by atoms with Crippen molar-refractivity contribution in [3.63, 3.8) is 0 Å². The fraction of sp³-hybridized carbons (Fsp3) is 0.500. The summed E-state index contributed by atoms with van der Waals surface area (Å²) >= 11 is 0. The Kier molecular flexibility index (Phi) is 9.18. The number of nitrogens with zero attached hydrogens (tertiary/aromatic N) is 2. The first-order chi connectivity index (χ1) is 18.2. The molecule has 3 N–H and O–H groups in total. The lowest BCUT2D eigenvalue weighted by Crippen LogP contribution is -2.58. The monoisotopic (exact) mass is 536 g/mol. The normalized spacial score (nSPS) is 24.1. The van der Waals surface area contributed by atoms with E-state index in [2.05, 4.69) is 15.6 Å². The van der Waals surface area contributed by atoms with Gasteiger partial charge in [0.05, 0.1) is 50.0 Å². The molecule has 3 amide bonds. The molecule has 1 aromatic heterocycles. The molecule has 4 atom stereocenters. The van der Waals surface area contributed by atoms with E-state index < -0.39 is 36.0 Å². The number of hydrogen-bond donors (Lipinski definition) is 3. The highest BCUT2D eigenvalue weighted by Crippen LogP contribution is 2.31. The van der Waals surface area contributed by atoms with Gasteiger partial charge in [-0.05, 0) is 61.2 Å². The van der Waals surface area contributed by atoms with Crippen molar-refractivity contribution < 1.29 is 37.3 Å². The fourth-order valence-corrected chi connectivity index (χ4v) is 4.69. The molecule has 2 fully saturated rings. The first-order valence-electron chi connectivity index (χ1n) is 12.5. The van der Waals surface area contributed by atoms with E-state index in [4.69, 9.17) is 9.47 Å². The summed E-state index contributed by atoms with van der Waals surface area (Å²) in [5.74, 6) is -0.137. The number of aromatic nitrogens is 1. The van der Waals surface area contributed by atoms with Crippen LogP contribution in [0.5, 0.6) is 0 Å². The Bertz CT molecular complexity index is 1070. The minimum absolute atomic E-state index is 0.00318. The van der Waals surface area contributed by atoms with Crippen molar-refractivity contribution in [1.29, 1.82) is 0 Å². The summed E-state index contributed by atoms with van der Waals surface area (Å²) in [5, 5.41) is 15.8. The largest absolute Gasteiger partial charge is 0.416 e. The van der Waals surface area contributed by atoms with E-state index in [1.807, 2.05) is 12.1 Å². The summed E-state index contributed by atoms with van der Waals surface area (Å²) in [6, 6.07) is 6.94. The molecule has 9 nitrogen and oxygen atoms in total. The maximum absolute atomic E-state index is 13.1. The molecule has 3 heterocycles. The third-order valence-corrected chi connectivity index (χ3v) is 6.60. The van der Waals surface area contributed by atoms with Gasteiger partial charge in [0.2, 0.25) is 5.91 Å². The molecule has 2 aliphatic rings. The lowest BCUT2D eigenvalue weighted by molar-refractivity contribution is -0.149. The van der Waals surface area contributed by atoms with Gasteiger partial charge < -0.3 is 30.1 Å². The number of alkyl halides is 3. The van der Waals surface area contributed by atoms with Crippen LogP contribution >= 0.6 is 0 Å². The number of aliphatic hydroxyl groups excluding tert-OH is 1. The molecule has 0 unspecified atom stereocenters. The summed E-state index contributed by atoms with van der Waals surface area (Å²) in [6.45, 7) is 0.584. The lowest BCUT2D eigenvalue weighted by Gasteiger charge is -2.44. The Morgan fingerprint density at radius 3 is 2.53 bits per heavy atom. The number of amides is 3. The Balaban J connectivity index is 1.33. The van der Waals surface area contributed by atoms with Gasteiger partial charge in [-0.25, -0.2) is 4.79 Å². The van der Waals surface area contributed by atoms with E-state index in [1.54, 1.807) is 12.4 Å². The van der Waals surface area contributed by atoms with Gasteiger partial charge in [0, 0.05) is 24.6 Å². The third kappa shape index (κ3) is 7.65. The van der Waals surface area contributed by atoms with Crippen LogP contribution in [0.15, 0.2) is 48.8 Å². The first-order valence-corrected chi connectivity index (χ1v) is 12.5. The minimum Gasteiger partial charge on any atom is -0.389 e. The second kappa shape index (κ2) is 12.5. The van der Waals surface area contributed by atoms with Gasteiger partial charge in [-0.1, -0.05) is 0 Å². The predicted octanol–water partition coefficient (Wildman–Crippen LogP) is 2.99. The maximum Gasteiger partial charge on any atom is 0.416 e. The number of pyridine rings is 1. The molecule has 2 saturated heterocycles. The van der Waals surface area contributed by atoms with Crippen LogP contribution in [-0.2, 0) is 26.9 Å². The van der Waals surface area contributed by atoms with Crippen LogP contribution in [0.1, 0.15) is 30.4 Å². The molecule has 0 aliphatic carbocycles. The Hall–Kier alpha value is -3.22. The van der Waals surface area contributed by atoms with Crippen LogP contribution in [0.25, 0.3) is 0 Å². The van der Waals surface area contributed by atoms with Crippen molar-refractivity contribution >= 4 is 17.6 Å². The molecule has 0 saturated carbocycles. The molecule has 206 valence electrons.